The number of aromatic nitrogens is 5. The van der Waals surface area contributed by atoms with Gasteiger partial charge in [-0.2, -0.15) is 0 Å². The van der Waals surface area contributed by atoms with E-state index in [2.05, 4.69) is 35.6 Å². The summed E-state index contributed by atoms with van der Waals surface area (Å²) in [7, 11) is 0. The van der Waals surface area contributed by atoms with Gasteiger partial charge in [-0.1, -0.05) is 23.2 Å². The van der Waals surface area contributed by atoms with Crippen molar-refractivity contribution < 1.29 is 4.92 Å². The zero-order valence-electron chi connectivity index (χ0n) is 17.8. The van der Waals surface area contributed by atoms with Gasteiger partial charge in [0.15, 0.2) is 0 Å². The minimum Gasteiger partial charge on any atom is -0.378 e. The van der Waals surface area contributed by atoms with Crippen molar-refractivity contribution in [1.29, 1.82) is 0 Å². The van der Waals surface area contributed by atoms with Gasteiger partial charge in [0, 0.05) is 47.7 Å². The van der Waals surface area contributed by atoms with Gasteiger partial charge < -0.3 is 21.4 Å². The van der Waals surface area contributed by atoms with Crippen LogP contribution in [-0.4, -0.2) is 42.9 Å². The summed E-state index contributed by atoms with van der Waals surface area (Å²) in [6, 6.07) is 7.99. The third-order valence-electron chi connectivity index (χ3n) is 4.77. The van der Waals surface area contributed by atoms with E-state index >= 15 is 0 Å². The maximum atomic E-state index is 10.9. The van der Waals surface area contributed by atoms with Crippen molar-refractivity contribution in [3.05, 3.63) is 68.7 Å². The minimum absolute atomic E-state index is 0.153. The molecule has 0 radical (unpaired) electrons. The van der Waals surface area contributed by atoms with E-state index < -0.39 is 4.92 Å². The van der Waals surface area contributed by atoms with Crippen LogP contribution in [0.15, 0.2) is 42.7 Å². The van der Waals surface area contributed by atoms with Crippen LogP contribution in [0.2, 0.25) is 10.0 Å². The van der Waals surface area contributed by atoms with Crippen molar-refractivity contribution in [3.8, 4) is 22.5 Å². The molecule has 0 unspecified atom stereocenters. The van der Waals surface area contributed by atoms with Gasteiger partial charge in [0.1, 0.15) is 11.6 Å². The number of nitrogens with zero attached hydrogens (tertiary/aromatic N) is 5. The lowest BCUT2D eigenvalue weighted by Crippen LogP contribution is -2.16. The standard InChI is InChI=1S/C21H19Cl2N9O2/c1-11-27-10-16(29-11)14-9-28-21(31-19(14)13-3-2-12(22)8-15(13)23)26-7-6-25-18-5-4-17(32(33)34)20(24)30-18/h2-5,8-10H,6-7H2,1H3,(H,27,29)(H3,24,25,30)(H,26,28,31). The first kappa shape index (κ1) is 23.2. The number of aryl methyl sites for hydroxylation is 1. The number of nitrogens with two attached hydrogens (primary N) is 1. The van der Waals surface area contributed by atoms with Crippen molar-refractivity contribution in [2.75, 3.05) is 29.5 Å². The van der Waals surface area contributed by atoms with E-state index in [1.807, 2.05) is 6.92 Å². The highest BCUT2D eigenvalue weighted by atomic mass is 35.5. The molecule has 0 spiro atoms. The largest absolute Gasteiger partial charge is 0.378 e. The van der Waals surface area contributed by atoms with E-state index in [0.717, 1.165) is 5.82 Å². The predicted molar refractivity (Wildman–Crippen MR) is 132 cm³/mol. The van der Waals surface area contributed by atoms with Crippen molar-refractivity contribution in [1.82, 2.24) is 24.9 Å². The molecule has 1 aromatic carbocycles. The number of pyridine rings is 1. The minimum atomic E-state index is -0.580. The number of imidazole rings is 1. The molecule has 5 N–H and O–H groups in total. The van der Waals surface area contributed by atoms with E-state index in [1.54, 1.807) is 30.6 Å². The Kier molecular flexibility index (Phi) is 6.75. The summed E-state index contributed by atoms with van der Waals surface area (Å²) in [6.45, 7) is 2.73. The number of benzene rings is 1. The van der Waals surface area contributed by atoms with E-state index in [1.165, 1.54) is 12.1 Å². The molecule has 4 rings (SSSR count). The molecular formula is C21H19Cl2N9O2. The fraction of sp³-hybridized carbons (Fsp3) is 0.143. The van der Waals surface area contributed by atoms with Crippen LogP contribution in [0.4, 0.5) is 23.3 Å². The summed E-state index contributed by atoms with van der Waals surface area (Å²) in [6.07, 6.45) is 3.46. The second kappa shape index (κ2) is 9.89. The Morgan fingerprint density at radius 2 is 1.88 bits per heavy atom. The van der Waals surface area contributed by atoms with Gasteiger partial charge in [0.25, 0.3) is 0 Å². The van der Waals surface area contributed by atoms with E-state index in [-0.39, 0.29) is 11.5 Å². The van der Waals surface area contributed by atoms with Gasteiger partial charge >= 0.3 is 5.69 Å². The molecule has 3 heterocycles. The summed E-state index contributed by atoms with van der Waals surface area (Å²) >= 11 is 12.5. The number of nitrogen functional groups attached to an aromatic ring is 1. The van der Waals surface area contributed by atoms with Crippen LogP contribution in [0.3, 0.4) is 0 Å². The maximum absolute atomic E-state index is 10.9. The second-order valence-corrected chi connectivity index (χ2v) is 8.01. The van der Waals surface area contributed by atoms with E-state index in [0.29, 0.717) is 57.4 Å². The highest BCUT2D eigenvalue weighted by Gasteiger charge is 2.17. The molecule has 0 atom stereocenters. The van der Waals surface area contributed by atoms with Crippen molar-refractivity contribution in [2.45, 2.75) is 6.92 Å². The molecule has 13 heteroatoms. The highest BCUT2D eigenvalue weighted by molar-refractivity contribution is 6.36. The van der Waals surface area contributed by atoms with Crippen LogP contribution >= 0.6 is 23.2 Å². The van der Waals surface area contributed by atoms with Crippen LogP contribution in [0.1, 0.15) is 5.82 Å². The lowest BCUT2D eigenvalue weighted by atomic mass is 10.1. The molecule has 3 aromatic heterocycles. The van der Waals surface area contributed by atoms with Gasteiger partial charge in [-0.05, 0) is 31.2 Å². The fourth-order valence-corrected chi connectivity index (χ4v) is 3.68. The van der Waals surface area contributed by atoms with E-state index in [4.69, 9.17) is 28.9 Å². The Bertz CT molecular complexity index is 1360. The molecule has 0 saturated carbocycles. The third kappa shape index (κ3) is 5.16. The molecule has 0 aliphatic rings. The van der Waals surface area contributed by atoms with Crippen LogP contribution in [0.5, 0.6) is 0 Å². The Morgan fingerprint density at radius 3 is 2.56 bits per heavy atom. The van der Waals surface area contributed by atoms with Gasteiger partial charge in [-0.3, -0.25) is 10.1 Å². The average molecular weight is 500 g/mol. The summed E-state index contributed by atoms with van der Waals surface area (Å²) in [5.74, 6) is 1.41. The lowest BCUT2D eigenvalue weighted by Gasteiger charge is -2.12. The van der Waals surface area contributed by atoms with Crippen LogP contribution in [-0.2, 0) is 0 Å². The quantitative estimate of drug-likeness (QED) is 0.154. The first-order valence-corrected chi connectivity index (χ1v) is 10.8. The third-order valence-corrected chi connectivity index (χ3v) is 5.32. The molecule has 0 fully saturated rings. The number of anilines is 3. The lowest BCUT2D eigenvalue weighted by molar-refractivity contribution is -0.384. The number of nitro groups is 1. The van der Waals surface area contributed by atoms with Gasteiger partial charge in [-0.15, -0.1) is 0 Å². The Labute approximate surface area is 203 Å². The number of halogens is 2. The first-order chi connectivity index (χ1) is 16.3. The smallest absolute Gasteiger partial charge is 0.311 e. The van der Waals surface area contributed by atoms with E-state index in [9.17, 15) is 10.1 Å². The Balaban J connectivity index is 1.51. The molecule has 34 heavy (non-hydrogen) atoms. The number of aromatic amines is 1. The topological polar surface area (TPSA) is 161 Å². The summed E-state index contributed by atoms with van der Waals surface area (Å²) in [5.41, 5.74) is 8.07. The molecular weight excluding hydrogens is 481 g/mol. The summed E-state index contributed by atoms with van der Waals surface area (Å²) < 4.78 is 0. The second-order valence-electron chi connectivity index (χ2n) is 7.16. The zero-order chi connectivity index (χ0) is 24.2. The first-order valence-electron chi connectivity index (χ1n) is 10.1. The fourth-order valence-electron chi connectivity index (χ4n) is 3.18. The Hall–Kier alpha value is -3.96. The molecule has 0 amide bonds. The predicted octanol–water partition coefficient (Wildman–Crippen LogP) is 4.56. The molecule has 0 aliphatic carbocycles. The van der Waals surface area contributed by atoms with Gasteiger partial charge in [0.05, 0.1) is 21.3 Å². The maximum Gasteiger partial charge on any atom is 0.311 e. The van der Waals surface area contributed by atoms with Crippen LogP contribution in [0.25, 0.3) is 22.5 Å². The molecule has 4 aromatic rings. The molecule has 0 saturated heterocycles. The summed E-state index contributed by atoms with van der Waals surface area (Å²) in [4.78, 5) is 30.9. The van der Waals surface area contributed by atoms with Gasteiger partial charge in [0.2, 0.25) is 11.8 Å². The summed E-state index contributed by atoms with van der Waals surface area (Å²) in [5, 5.41) is 18.0. The zero-order valence-corrected chi connectivity index (χ0v) is 19.4. The van der Waals surface area contributed by atoms with Crippen LogP contribution < -0.4 is 16.4 Å². The van der Waals surface area contributed by atoms with Crippen LogP contribution in [0, 0.1) is 17.0 Å². The normalized spacial score (nSPS) is 10.8. The molecule has 0 aliphatic heterocycles. The van der Waals surface area contributed by atoms with Crippen molar-refractivity contribution in [3.63, 3.8) is 0 Å². The van der Waals surface area contributed by atoms with Crippen molar-refractivity contribution in [2.24, 2.45) is 0 Å². The number of hydrogen-bond acceptors (Lipinski definition) is 9. The van der Waals surface area contributed by atoms with Gasteiger partial charge in [-0.25, -0.2) is 19.9 Å². The van der Waals surface area contributed by atoms with Crippen molar-refractivity contribution >= 4 is 46.5 Å². The number of rotatable bonds is 8. The number of H-pyrrole nitrogens is 1. The Morgan fingerprint density at radius 1 is 1.09 bits per heavy atom. The molecule has 174 valence electrons. The number of nitrogens with one attached hydrogen (secondary N) is 3. The average Bonchev–Trinajstić information content (AvgIpc) is 3.22. The monoisotopic (exact) mass is 499 g/mol. The SMILES string of the molecule is Cc1nc(-c2cnc(NCCNc3ccc([N+](=O)[O-])c(N)n3)nc2-c2ccc(Cl)cc2Cl)c[nH]1. The number of hydrogen-bond donors (Lipinski definition) is 4. The molecule has 0 bridgehead atoms. The molecule has 11 nitrogen and oxygen atoms in total. The highest BCUT2D eigenvalue weighted by Crippen LogP contribution is 2.35.